The number of phenols is 2. The van der Waals surface area contributed by atoms with E-state index >= 15 is 0 Å². The van der Waals surface area contributed by atoms with E-state index in [1.165, 1.54) is 43.8 Å². The highest BCUT2D eigenvalue weighted by Gasteiger charge is 2.30. The van der Waals surface area contributed by atoms with E-state index in [-0.39, 0.29) is 45.4 Å². The third kappa shape index (κ3) is 9.60. The summed E-state index contributed by atoms with van der Waals surface area (Å²) >= 11 is 0. The van der Waals surface area contributed by atoms with Crippen LogP contribution >= 0.6 is 0 Å². The second kappa shape index (κ2) is 19.2. The number of benzene rings is 8. The van der Waals surface area contributed by atoms with Gasteiger partial charge in [0, 0.05) is 50.2 Å². The molecule has 2 N–H and O–H groups in total. The number of aromatic nitrogens is 2. The monoisotopic (exact) mass is 1030 g/mol. The van der Waals surface area contributed by atoms with Crippen LogP contribution in [0.3, 0.4) is 0 Å². The molecule has 6 heteroatoms. The van der Waals surface area contributed by atoms with Gasteiger partial charge in [-0.15, -0.1) is 0 Å². The molecular weight excluding hydrogens is 957 g/mol. The minimum Gasteiger partial charge on any atom is -0.505 e. The standard InChI is InChI=1S/C72H78N2O4/c1-43-34-57(67(75)63(36-43)73-59-30-26-45(69(3,4)5)38-53(59)54-39-46(70(6,7)8)27-31-60(54)73)51-22-15-17-24-65(51)77-49-20-19-21-50(42-49)78-66-25-18-16-23-52(66)58-35-44(2)37-64(68(58)76)74-61-32-28-47(71(9,10)11)40-55(61)56-41-48(72(12,13)14)29-33-62(56)74/h15-18,22-41,49-50,75-76H,19-21,42H2,1-14H3. The van der Waals surface area contributed by atoms with Crippen molar-refractivity contribution in [2.75, 3.05) is 0 Å². The molecule has 0 radical (unpaired) electrons. The van der Waals surface area contributed by atoms with Gasteiger partial charge in [-0.25, -0.2) is 0 Å². The van der Waals surface area contributed by atoms with Crippen molar-refractivity contribution in [2.45, 2.75) is 156 Å². The zero-order valence-corrected chi connectivity index (χ0v) is 48.4. The number of hydrogen-bond acceptors (Lipinski definition) is 4. The molecule has 10 aromatic rings. The number of aromatic hydroxyl groups is 2. The van der Waals surface area contributed by atoms with Crippen LogP contribution in [0.4, 0.5) is 0 Å². The van der Waals surface area contributed by atoms with Gasteiger partial charge in [0.05, 0.1) is 33.4 Å². The molecule has 0 spiro atoms. The number of rotatable bonds is 8. The molecule has 0 amide bonds. The van der Waals surface area contributed by atoms with Crippen LogP contribution in [0, 0.1) is 13.8 Å². The van der Waals surface area contributed by atoms with Gasteiger partial charge in [-0.3, -0.25) is 0 Å². The van der Waals surface area contributed by atoms with Gasteiger partial charge in [-0.2, -0.15) is 0 Å². The first kappa shape index (κ1) is 52.6. The molecule has 1 saturated carbocycles. The Bertz CT molecular complexity index is 3570. The number of aryl methyl sites for hydroxylation is 2. The highest BCUT2D eigenvalue weighted by atomic mass is 16.5. The van der Waals surface area contributed by atoms with Crippen LogP contribution in [0.2, 0.25) is 0 Å². The van der Waals surface area contributed by atoms with Crippen LogP contribution in [0.15, 0.2) is 146 Å². The Hall–Kier alpha value is -7.44. The largest absolute Gasteiger partial charge is 0.505 e. The Morgan fingerprint density at radius 3 is 1.00 bits per heavy atom. The highest BCUT2D eigenvalue weighted by Crippen LogP contribution is 2.48. The van der Waals surface area contributed by atoms with Crippen LogP contribution in [-0.2, 0) is 21.7 Å². The molecule has 1 aliphatic carbocycles. The Morgan fingerprint density at radius 1 is 0.385 bits per heavy atom. The average Bonchev–Trinajstić information content (AvgIpc) is 3.92. The lowest BCUT2D eigenvalue weighted by Crippen LogP contribution is -2.32. The Labute approximate surface area is 462 Å². The summed E-state index contributed by atoms with van der Waals surface area (Å²) in [6.45, 7) is 31.3. The van der Waals surface area contributed by atoms with Gasteiger partial charge in [0.15, 0.2) is 0 Å². The predicted octanol–water partition coefficient (Wildman–Crippen LogP) is 19.2. The van der Waals surface area contributed by atoms with E-state index in [9.17, 15) is 10.2 Å². The van der Waals surface area contributed by atoms with Gasteiger partial charge in [0.25, 0.3) is 0 Å². The van der Waals surface area contributed by atoms with Crippen molar-refractivity contribution in [3.8, 4) is 56.6 Å². The molecule has 8 aromatic carbocycles. The van der Waals surface area contributed by atoms with Gasteiger partial charge in [0.2, 0.25) is 0 Å². The Balaban J connectivity index is 0.913. The van der Waals surface area contributed by atoms with E-state index in [2.05, 4.69) is 215 Å². The van der Waals surface area contributed by atoms with E-state index in [0.29, 0.717) is 6.42 Å². The summed E-state index contributed by atoms with van der Waals surface area (Å²) in [6.07, 6.45) is 3.13. The van der Waals surface area contributed by atoms with Crippen LogP contribution in [-0.4, -0.2) is 31.6 Å². The predicted molar refractivity (Wildman–Crippen MR) is 327 cm³/mol. The normalized spacial score (nSPS) is 15.7. The fourth-order valence-corrected chi connectivity index (χ4v) is 12.0. The lowest BCUT2D eigenvalue weighted by atomic mass is 9.85. The second-order valence-electron chi connectivity index (χ2n) is 26.6. The van der Waals surface area contributed by atoms with E-state index in [0.717, 1.165) is 97.6 Å². The smallest absolute Gasteiger partial charge is 0.147 e. The number of nitrogens with zero attached hydrogens (tertiary/aromatic N) is 2. The first-order chi connectivity index (χ1) is 36.8. The lowest BCUT2D eigenvalue weighted by Gasteiger charge is -2.31. The summed E-state index contributed by atoms with van der Waals surface area (Å²) in [4.78, 5) is 0. The minimum atomic E-state index is -0.123. The molecule has 0 bridgehead atoms. The molecule has 78 heavy (non-hydrogen) atoms. The molecule has 0 saturated heterocycles. The number of fused-ring (bicyclic) bond motifs is 6. The number of phenolic OH excluding ortho intramolecular Hbond substituents is 2. The van der Waals surface area contributed by atoms with Gasteiger partial charge in [0.1, 0.15) is 35.2 Å². The van der Waals surface area contributed by atoms with E-state index in [1.807, 2.05) is 36.4 Å². The van der Waals surface area contributed by atoms with E-state index in [1.54, 1.807) is 0 Å². The summed E-state index contributed by atoms with van der Waals surface area (Å²) in [6, 6.07) is 51.8. The zero-order chi connectivity index (χ0) is 55.4. The molecule has 1 fully saturated rings. The number of ether oxygens (including phenoxy) is 2. The van der Waals surface area contributed by atoms with Crippen molar-refractivity contribution >= 4 is 43.6 Å². The summed E-state index contributed by atoms with van der Waals surface area (Å²) in [5.41, 5.74) is 15.9. The Morgan fingerprint density at radius 2 is 0.692 bits per heavy atom. The molecule has 2 unspecified atom stereocenters. The van der Waals surface area contributed by atoms with E-state index in [4.69, 9.17) is 9.47 Å². The van der Waals surface area contributed by atoms with Crippen molar-refractivity contribution in [3.05, 3.63) is 179 Å². The minimum absolute atomic E-state index is 0.0252. The first-order valence-corrected chi connectivity index (χ1v) is 28.2. The molecule has 2 aromatic heterocycles. The van der Waals surface area contributed by atoms with Crippen LogP contribution < -0.4 is 9.47 Å². The highest BCUT2D eigenvalue weighted by molar-refractivity contribution is 6.11. The summed E-state index contributed by atoms with van der Waals surface area (Å²) in [5, 5.41) is 30.0. The van der Waals surface area contributed by atoms with Gasteiger partial charge in [-0.1, -0.05) is 144 Å². The maximum atomic E-state index is 12.6. The molecule has 6 nitrogen and oxygen atoms in total. The second-order valence-corrected chi connectivity index (χ2v) is 26.6. The Kier molecular flexibility index (Phi) is 12.9. The third-order valence-corrected chi connectivity index (χ3v) is 16.5. The van der Waals surface area contributed by atoms with Crippen molar-refractivity contribution < 1.29 is 19.7 Å². The van der Waals surface area contributed by atoms with Crippen molar-refractivity contribution in [3.63, 3.8) is 0 Å². The van der Waals surface area contributed by atoms with E-state index < -0.39 is 0 Å². The molecular formula is C72H78N2O4. The maximum Gasteiger partial charge on any atom is 0.147 e. The zero-order valence-electron chi connectivity index (χ0n) is 48.4. The number of hydrogen-bond donors (Lipinski definition) is 2. The van der Waals surface area contributed by atoms with Crippen LogP contribution in [0.5, 0.6) is 23.0 Å². The van der Waals surface area contributed by atoms with Gasteiger partial charge in [-0.05, 0) is 173 Å². The SMILES string of the molecule is Cc1cc(-c2ccccc2OC2CCCC(Oc3ccccc3-c3cc(C)cc(-n4c5ccc(C(C)(C)C)cc5c5cc(C(C)(C)C)ccc54)c3O)C2)c(O)c(-n2c3ccc(C(C)(C)C)cc3c3cc(C(C)(C)C)ccc32)c1. The summed E-state index contributed by atoms with van der Waals surface area (Å²) in [5.74, 6) is 1.88. The molecule has 2 heterocycles. The average molecular weight is 1040 g/mol. The molecule has 11 rings (SSSR count). The molecule has 0 aliphatic heterocycles. The first-order valence-electron chi connectivity index (χ1n) is 28.2. The lowest BCUT2D eigenvalue weighted by molar-refractivity contribution is 0.0686. The third-order valence-electron chi connectivity index (χ3n) is 16.5. The van der Waals surface area contributed by atoms with Crippen molar-refractivity contribution in [2.24, 2.45) is 0 Å². The summed E-state index contributed by atoms with van der Waals surface area (Å²) in [7, 11) is 0. The molecule has 1 aliphatic rings. The maximum absolute atomic E-state index is 12.6. The van der Waals surface area contributed by atoms with Crippen molar-refractivity contribution in [1.82, 2.24) is 9.13 Å². The quantitative estimate of drug-likeness (QED) is 0.159. The molecule has 2 atom stereocenters. The topological polar surface area (TPSA) is 68.8 Å². The van der Waals surface area contributed by atoms with Crippen molar-refractivity contribution in [1.29, 1.82) is 0 Å². The number of para-hydroxylation sites is 2. The van der Waals surface area contributed by atoms with Crippen LogP contribution in [0.1, 0.15) is 142 Å². The summed E-state index contributed by atoms with van der Waals surface area (Å²) < 4.78 is 18.6. The van der Waals surface area contributed by atoms with Crippen LogP contribution in [0.25, 0.3) is 77.2 Å². The fraction of sp³-hybridized carbons (Fsp3) is 0.333. The fourth-order valence-electron chi connectivity index (χ4n) is 12.0. The van der Waals surface area contributed by atoms with Gasteiger partial charge < -0.3 is 28.8 Å². The molecule has 400 valence electrons. The van der Waals surface area contributed by atoms with Gasteiger partial charge >= 0.3 is 0 Å².